The second-order valence-corrected chi connectivity index (χ2v) is 6.91. The first-order chi connectivity index (χ1) is 12.2. The lowest BCUT2D eigenvalue weighted by atomic mass is 10.1. The largest absolute Gasteiger partial charge is 1.00 e. The number of hydrogen-bond donors (Lipinski definition) is 0. The van der Waals surface area contributed by atoms with Crippen molar-refractivity contribution in [1.82, 2.24) is 4.57 Å². The molecule has 0 N–H and O–H groups in total. The first kappa shape index (κ1) is 18.5. The van der Waals surface area contributed by atoms with Crippen LogP contribution in [0, 0.1) is 6.92 Å². The van der Waals surface area contributed by atoms with Gasteiger partial charge in [0, 0.05) is 5.02 Å². The molecule has 2 nitrogen and oxygen atoms in total. The lowest BCUT2D eigenvalue weighted by Gasteiger charge is -2.00. The molecule has 0 saturated heterocycles. The molecule has 4 rings (SSSR count). The quantitative estimate of drug-likeness (QED) is 0.477. The Balaban J connectivity index is 0.00000196. The van der Waals surface area contributed by atoms with Crippen molar-refractivity contribution < 1.29 is 17.0 Å². The van der Waals surface area contributed by atoms with Crippen molar-refractivity contribution in [3.63, 3.8) is 0 Å². The zero-order chi connectivity index (χ0) is 17.2. The summed E-state index contributed by atoms with van der Waals surface area (Å²) in [4.78, 5) is 0. The van der Waals surface area contributed by atoms with Gasteiger partial charge in [0.05, 0.1) is 0 Å². The van der Waals surface area contributed by atoms with Gasteiger partial charge in [-0.2, -0.15) is 0 Å². The third-order valence-electron chi connectivity index (χ3n) is 4.49. The van der Waals surface area contributed by atoms with Gasteiger partial charge in [-0.3, -0.25) is 0 Å². The van der Waals surface area contributed by atoms with Gasteiger partial charge in [0.25, 0.3) is 0 Å². The predicted octanol–water partition coefficient (Wildman–Crippen LogP) is 1.99. The summed E-state index contributed by atoms with van der Waals surface area (Å²) >= 11 is 6.14. The highest BCUT2D eigenvalue weighted by molar-refractivity contribution is 6.30. The van der Waals surface area contributed by atoms with Crippen LogP contribution >= 0.6 is 11.6 Å². The summed E-state index contributed by atoms with van der Waals surface area (Å²) in [6.07, 6.45) is 2.20. The molecule has 0 aliphatic rings. The molecule has 0 radical (unpaired) electrons. The number of para-hydroxylation sites is 2. The molecule has 1 aromatic heterocycles. The van der Waals surface area contributed by atoms with Gasteiger partial charge >= 0.3 is 0 Å². The van der Waals surface area contributed by atoms with Crippen LogP contribution < -0.4 is 17.0 Å². The highest BCUT2D eigenvalue weighted by Crippen LogP contribution is 2.16. The maximum atomic E-state index is 6.14. The van der Waals surface area contributed by atoms with E-state index in [0.717, 1.165) is 18.1 Å². The van der Waals surface area contributed by atoms with Gasteiger partial charge in [-0.1, -0.05) is 65.7 Å². The van der Waals surface area contributed by atoms with Crippen LogP contribution in [-0.4, -0.2) is 4.57 Å². The fourth-order valence-corrected chi connectivity index (χ4v) is 3.43. The molecule has 3 aromatic carbocycles. The minimum Gasteiger partial charge on any atom is -1.00 e. The summed E-state index contributed by atoms with van der Waals surface area (Å²) in [5.41, 5.74) is 6.27. The molecule has 0 amide bonds. The molecule has 132 valence electrons. The van der Waals surface area contributed by atoms with E-state index in [0.29, 0.717) is 0 Å². The summed E-state index contributed by atoms with van der Waals surface area (Å²) in [7, 11) is 0. The number of aromatic nitrogens is 2. The van der Waals surface area contributed by atoms with Gasteiger partial charge in [0.1, 0.15) is 13.1 Å². The van der Waals surface area contributed by atoms with Crippen LogP contribution in [0.1, 0.15) is 16.7 Å². The fourth-order valence-electron chi connectivity index (χ4n) is 3.22. The molecular weight excluding hydrogens is 363 g/mol. The molecule has 1 heterocycles. The Morgan fingerprint density at radius 1 is 0.885 bits per heavy atom. The summed E-state index contributed by atoms with van der Waals surface area (Å²) < 4.78 is 4.60. The Morgan fingerprint density at radius 3 is 2.42 bits per heavy atom. The van der Waals surface area contributed by atoms with E-state index in [1.54, 1.807) is 0 Å². The lowest BCUT2D eigenvalue weighted by Crippen LogP contribution is -3.00. The molecule has 0 unspecified atom stereocenters. The molecule has 0 saturated carbocycles. The van der Waals surface area contributed by atoms with E-state index in [-0.39, 0.29) is 12.4 Å². The number of halogens is 2. The smallest absolute Gasteiger partial charge is 0.245 e. The monoisotopic (exact) mass is 382 g/mol. The summed E-state index contributed by atoms with van der Waals surface area (Å²) in [6, 6.07) is 25.3. The van der Waals surface area contributed by atoms with Gasteiger partial charge in [0.15, 0.2) is 11.0 Å². The SMILES string of the molecule is Cc1ccc(Cn2c[n+](Cc3cccc(Cl)c3)c3ccccc32)cc1.[Cl-]. The van der Waals surface area contributed by atoms with E-state index < -0.39 is 0 Å². The number of aryl methyl sites for hydroxylation is 1. The average molecular weight is 383 g/mol. The van der Waals surface area contributed by atoms with E-state index in [4.69, 9.17) is 11.6 Å². The molecule has 0 fully saturated rings. The zero-order valence-corrected chi connectivity index (χ0v) is 16.1. The summed E-state index contributed by atoms with van der Waals surface area (Å²) in [5.74, 6) is 0. The lowest BCUT2D eigenvalue weighted by molar-refractivity contribution is -0.663. The number of fused-ring (bicyclic) bond motifs is 1. The van der Waals surface area contributed by atoms with Crippen LogP contribution in [0.25, 0.3) is 11.0 Å². The summed E-state index contributed by atoms with van der Waals surface area (Å²) in [5, 5.41) is 0.779. The molecule has 0 bridgehead atoms. The van der Waals surface area contributed by atoms with Crippen LogP contribution in [0.4, 0.5) is 0 Å². The Kier molecular flexibility index (Phi) is 5.65. The van der Waals surface area contributed by atoms with Gasteiger partial charge in [0.2, 0.25) is 6.33 Å². The molecule has 0 atom stereocenters. The zero-order valence-electron chi connectivity index (χ0n) is 14.6. The molecular formula is C22H20Cl2N2. The standard InChI is InChI=1S/C22H20ClN2.ClH/c1-17-9-11-18(12-10-17)14-24-16-25(22-8-3-2-7-21(22)24)15-19-5-4-6-20(23)13-19;/h2-13,16H,14-15H2,1H3;1H/q+1;/p-1. The fraction of sp³-hybridized carbons (Fsp3) is 0.136. The Morgan fingerprint density at radius 2 is 1.65 bits per heavy atom. The minimum absolute atomic E-state index is 0. The van der Waals surface area contributed by atoms with Gasteiger partial charge < -0.3 is 12.4 Å². The highest BCUT2D eigenvalue weighted by atomic mass is 35.5. The van der Waals surface area contributed by atoms with Crippen molar-refractivity contribution >= 4 is 22.6 Å². The van der Waals surface area contributed by atoms with Crippen LogP contribution in [0.15, 0.2) is 79.1 Å². The van der Waals surface area contributed by atoms with Crippen molar-refractivity contribution in [3.8, 4) is 0 Å². The van der Waals surface area contributed by atoms with Crippen LogP contribution in [0.3, 0.4) is 0 Å². The Labute approximate surface area is 165 Å². The molecule has 0 spiro atoms. The van der Waals surface area contributed by atoms with Crippen LogP contribution in [0.2, 0.25) is 5.02 Å². The first-order valence-corrected chi connectivity index (χ1v) is 8.84. The van der Waals surface area contributed by atoms with Crippen molar-refractivity contribution in [2.75, 3.05) is 0 Å². The summed E-state index contributed by atoms with van der Waals surface area (Å²) in [6.45, 7) is 3.79. The van der Waals surface area contributed by atoms with E-state index in [1.165, 1.54) is 27.7 Å². The van der Waals surface area contributed by atoms with Crippen LogP contribution in [0.5, 0.6) is 0 Å². The van der Waals surface area contributed by atoms with Crippen molar-refractivity contribution in [2.45, 2.75) is 20.0 Å². The van der Waals surface area contributed by atoms with Gasteiger partial charge in [-0.15, -0.1) is 0 Å². The highest BCUT2D eigenvalue weighted by Gasteiger charge is 2.15. The Hall–Kier alpha value is -2.29. The number of rotatable bonds is 4. The van der Waals surface area contributed by atoms with Crippen molar-refractivity contribution in [3.05, 3.63) is 101 Å². The van der Waals surface area contributed by atoms with Crippen molar-refractivity contribution in [1.29, 1.82) is 0 Å². The first-order valence-electron chi connectivity index (χ1n) is 8.46. The third-order valence-corrected chi connectivity index (χ3v) is 4.73. The second kappa shape index (κ2) is 7.94. The van der Waals surface area contributed by atoms with E-state index in [9.17, 15) is 0 Å². The Bertz CT molecular complexity index is 1020. The predicted molar refractivity (Wildman–Crippen MR) is 103 cm³/mol. The minimum atomic E-state index is 0. The molecule has 26 heavy (non-hydrogen) atoms. The van der Waals surface area contributed by atoms with Crippen LogP contribution in [-0.2, 0) is 13.1 Å². The average Bonchev–Trinajstić information content (AvgIpc) is 2.95. The van der Waals surface area contributed by atoms with E-state index in [2.05, 4.69) is 77.0 Å². The number of imidazole rings is 1. The maximum Gasteiger partial charge on any atom is 0.245 e. The number of hydrogen-bond acceptors (Lipinski definition) is 0. The molecule has 4 aromatic rings. The molecule has 0 aliphatic carbocycles. The third kappa shape index (κ3) is 3.92. The van der Waals surface area contributed by atoms with Gasteiger partial charge in [-0.05, 0) is 42.3 Å². The molecule has 4 heteroatoms. The maximum absolute atomic E-state index is 6.14. The second-order valence-electron chi connectivity index (χ2n) is 6.48. The van der Waals surface area contributed by atoms with E-state index >= 15 is 0 Å². The van der Waals surface area contributed by atoms with Crippen molar-refractivity contribution in [2.24, 2.45) is 0 Å². The number of benzene rings is 3. The van der Waals surface area contributed by atoms with Gasteiger partial charge in [-0.25, -0.2) is 9.13 Å². The number of nitrogens with zero attached hydrogens (tertiary/aromatic N) is 2. The van der Waals surface area contributed by atoms with E-state index in [1.807, 2.05) is 18.2 Å². The molecule has 0 aliphatic heterocycles. The topological polar surface area (TPSA) is 8.81 Å². The normalized spacial score (nSPS) is 10.7.